The van der Waals surface area contributed by atoms with Crippen LogP contribution in [0.2, 0.25) is 5.02 Å². The van der Waals surface area contributed by atoms with Crippen molar-refractivity contribution in [2.75, 3.05) is 0 Å². The minimum absolute atomic E-state index is 0.114. The molecule has 1 aromatic carbocycles. The van der Waals surface area contributed by atoms with Crippen molar-refractivity contribution in [3.63, 3.8) is 0 Å². The van der Waals surface area contributed by atoms with E-state index in [2.05, 4.69) is 0 Å². The van der Waals surface area contributed by atoms with E-state index in [1.807, 2.05) is 0 Å². The van der Waals surface area contributed by atoms with Gasteiger partial charge in [0.2, 0.25) is 0 Å². The normalized spacial score (nSPS) is 12.6. The summed E-state index contributed by atoms with van der Waals surface area (Å²) in [6, 6.07) is 1.43. The molecule has 0 aliphatic heterocycles. The first-order chi connectivity index (χ1) is 6.43. The van der Waals surface area contributed by atoms with Crippen molar-refractivity contribution < 1.29 is 14.3 Å². The van der Waals surface area contributed by atoms with Gasteiger partial charge in [0.15, 0.2) is 0 Å². The van der Waals surface area contributed by atoms with E-state index in [0.29, 0.717) is 5.56 Å². The summed E-state index contributed by atoms with van der Waals surface area (Å²) in [7, 11) is 0. The molecule has 3 nitrogen and oxygen atoms in total. The number of benzene rings is 1. The highest BCUT2D eigenvalue weighted by Gasteiger charge is 2.16. The zero-order valence-electron chi connectivity index (χ0n) is 7.42. The molecule has 0 saturated heterocycles. The van der Waals surface area contributed by atoms with Crippen molar-refractivity contribution >= 4 is 17.6 Å². The average Bonchev–Trinajstić information content (AvgIpc) is 2.12. The molecule has 0 amide bonds. The van der Waals surface area contributed by atoms with Crippen LogP contribution in [0.4, 0.5) is 4.39 Å². The molecule has 0 heterocycles. The summed E-state index contributed by atoms with van der Waals surface area (Å²) in [6.07, 6.45) is 0. The smallest absolute Gasteiger partial charge is 0.325 e. The van der Waals surface area contributed by atoms with Gasteiger partial charge in [-0.05, 0) is 24.1 Å². The molecule has 0 aliphatic carbocycles. The maximum atomic E-state index is 13.1. The number of hydrogen-bond donors (Lipinski definition) is 2. The Hall–Kier alpha value is -1.13. The zero-order chi connectivity index (χ0) is 10.9. The van der Waals surface area contributed by atoms with E-state index < -0.39 is 17.8 Å². The molecule has 0 radical (unpaired) electrons. The van der Waals surface area contributed by atoms with Crippen LogP contribution in [0, 0.1) is 12.7 Å². The number of aliphatic carboxylic acids is 1. The summed E-state index contributed by atoms with van der Waals surface area (Å²) in [4.78, 5) is 10.5. The Kier molecular flexibility index (Phi) is 3.08. The van der Waals surface area contributed by atoms with Crippen molar-refractivity contribution in [3.05, 3.63) is 34.1 Å². The van der Waals surface area contributed by atoms with Crippen molar-refractivity contribution in [1.29, 1.82) is 0 Å². The lowest BCUT2D eigenvalue weighted by Gasteiger charge is -2.09. The summed E-state index contributed by atoms with van der Waals surface area (Å²) < 4.78 is 13.1. The fourth-order valence-electron chi connectivity index (χ4n) is 1.08. The van der Waals surface area contributed by atoms with Crippen LogP contribution in [0.1, 0.15) is 17.2 Å². The van der Waals surface area contributed by atoms with Gasteiger partial charge in [0.25, 0.3) is 0 Å². The van der Waals surface area contributed by atoms with E-state index in [0.717, 1.165) is 0 Å². The van der Waals surface area contributed by atoms with Gasteiger partial charge in [-0.15, -0.1) is 0 Å². The third-order valence-corrected chi connectivity index (χ3v) is 2.13. The monoisotopic (exact) mass is 217 g/mol. The maximum absolute atomic E-state index is 13.1. The van der Waals surface area contributed by atoms with Crippen LogP contribution in [0.5, 0.6) is 0 Å². The minimum atomic E-state index is -1.17. The van der Waals surface area contributed by atoms with E-state index in [1.165, 1.54) is 19.1 Å². The molecule has 1 unspecified atom stereocenters. The Morgan fingerprint density at radius 3 is 2.64 bits per heavy atom. The van der Waals surface area contributed by atoms with Crippen molar-refractivity contribution in [2.24, 2.45) is 5.73 Å². The molecule has 0 aromatic heterocycles. The lowest BCUT2D eigenvalue weighted by Crippen LogP contribution is -2.20. The summed E-state index contributed by atoms with van der Waals surface area (Å²) in [5, 5.41) is 8.51. The minimum Gasteiger partial charge on any atom is -0.480 e. The van der Waals surface area contributed by atoms with Gasteiger partial charge in [0.1, 0.15) is 11.9 Å². The van der Waals surface area contributed by atoms with Crippen molar-refractivity contribution in [1.82, 2.24) is 0 Å². The number of carboxylic acids is 1. The van der Waals surface area contributed by atoms with E-state index in [1.54, 1.807) is 0 Å². The molecule has 14 heavy (non-hydrogen) atoms. The lowest BCUT2D eigenvalue weighted by molar-refractivity contribution is -0.138. The summed E-state index contributed by atoms with van der Waals surface area (Å²) in [5.41, 5.74) is 5.92. The molecule has 5 heteroatoms. The van der Waals surface area contributed by atoms with Crippen LogP contribution < -0.4 is 5.73 Å². The molecule has 3 N–H and O–H groups in total. The topological polar surface area (TPSA) is 63.3 Å². The first-order valence-electron chi connectivity index (χ1n) is 3.87. The van der Waals surface area contributed by atoms with Crippen LogP contribution in [0.15, 0.2) is 12.1 Å². The largest absolute Gasteiger partial charge is 0.480 e. The summed E-state index contributed by atoms with van der Waals surface area (Å²) in [5.74, 6) is -1.72. The number of rotatable bonds is 2. The van der Waals surface area contributed by atoms with E-state index in [-0.39, 0.29) is 10.6 Å². The van der Waals surface area contributed by atoms with Crippen LogP contribution in [0.25, 0.3) is 0 Å². The molecular formula is C9H9ClFNO2. The second-order valence-corrected chi connectivity index (χ2v) is 3.36. The maximum Gasteiger partial charge on any atom is 0.325 e. The van der Waals surface area contributed by atoms with E-state index in [4.69, 9.17) is 22.4 Å². The molecule has 1 rings (SSSR count). The average molecular weight is 218 g/mol. The number of carbonyl (C=O) groups is 1. The number of hydrogen-bond acceptors (Lipinski definition) is 2. The molecular weight excluding hydrogens is 209 g/mol. The molecule has 0 spiro atoms. The number of carboxylic acid groups (broad SMARTS) is 1. The van der Waals surface area contributed by atoms with Crippen LogP contribution in [0.3, 0.4) is 0 Å². The third kappa shape index (κ3) is 2.02. The highest BCUT2D eigenvalue weighted by atomic mass is 35.5. The Balaban J connectivity index is 3.19. The van der Waals surface area contributed by atoms with Gasteiger partial charge in [-0.25, -0.2) is 4.39 Å². The molecule has 1 aromatic rings. The SMILES string of the molecule is Cc1cc(C(N)C(=O)O)cc(Cl)c1F. The molecule has 0 fully saturated rings. The molecule has 1 atom stereocenters. The highest BCUT2D eigenvalue weighted by Crippen LogP contribution is 2.23. The summed E-state index contributed by atoms with van der Waals surface area (Å²) >= 11 is 5.54. The third-order valence-electron chi connectivity index (χ3n) is 1.86. The fourth-order valence-corrected chi connectivity index (χ4v) is 1.35. The van der Waals surface area contributed by atoms with Crippen molar-refractivity contribution in [3.8, 4) is 0 Å². The Morgan fingerprint density at radius 2 is 2.21 bits per heavy atom. The van der Waals surface area contributed by atoms with Crippen LogP contribution in [-0.2, 0) is 4.79 Å². The Labute approximate surface area is 85.3 Å². The van der Waals surface area contributed by atoms with Crippen LogP contribution >= 0.6 is 11.6 Å². The highest BCUT2D eigenvalue weighted by molar-refractivity contribution is 6.30. The van der Waals surface area contributed by atoms with Gasteiger partial charge in [0.05, 0.1) is 5.02 Å². The first kappa shape index (κ1) is 10.9. The summed E-state index contributed by atoms with van der Waals surface area (Å²) in [6.45, 7) is 1.50. The van der Waals surface area contributed by atoms with Gasteiger partial charge < -0.3 is 10.8 Å². The van der Waals surface area contributed by atoms with Crippen LogP contribution in [-0.4, -0.2) is 11.1 Å². The van der Waals surface area contributed by atoms with Crippen molar-refractivity contribution in [2.45, 2.75) is 13.0 Å². The Morgan fingerprint density at radius 1 is 1.64 bits per heavy atom. The van der Waals surface area contributed by atoms with E-state index in [9.17, 15) is 9.18 Å². The second-order valence-electron chi connectivity index (χ2n) is 2.95. The second kappa shape index (κ2) is 3.94. The van der Waals surface area contributed by atoms with Gasteiger partial charge in [0, 0.05) is 0 Å². The number of halogens is 2. The molecule has 0 bridgehead atoms. The zero-order valence-corrected chi connectivity index (χ0v) is 8.18. The standard InChI is InChI=1S/C9H9ClFNO2/c1-4-2-5(8(12)9(13)14)3-6(10)7(4)11/h2-3,8H,12H2,1H3,(H,13,14). The van der Waals surface area contributed by atoms with Gasteiger partial charge >= 0.3 is 5.97 Å². The van der Waals surface area contributed by atoms with Gasteiger partial charge in [-0.2, -0.15) is 0 Å². The molecule has 76 valence electrons. The number of aryl methyl sites for hydroxylation is 1. The first-order valence-corrected chi connectivity index (χ1v) is 4.25. The van der Waals surface area contributed by atoms with E-state index >= 15 is 0 Å². The molecule has 0 aliphatic rings. The van der Waals surface area contributed by atoms with Gasteiger partial charge in [-0.1, -0.05) is 17.7 Å². The Bertz CT molecular complexity index is 358. The lowest BCUT2D eigenvalue weighted by atomic mass is 10.1. The van der Waals surface area contributed by atoms with Gasteiger partial charge in [-0.3, -0.25) is 4.79 Å². The fraction of sp³-hybridized carbons (Fsp3) is 0.222. The quantitative estimate of drug-likeness (QED) is 0.795. The molecule has 0 saturated carbocycles. The predicted octanol–water partition coefficient (Wildman–Crippen LogP) is 1.87. The number of nitrogens with two attached hydrogens (primary N) is 1. The predicted molar refractivity (Wildman–Crippen MR) is 50.7 cm³/mol.